The van der Waals surface area contributed by atoms with Crippen LogP contribution in [0.5, 0.6) is 0 Å². The summed E-state index contributed by atoms with van der Waals surface area (Å²) < 4.78 is 0. The van der Waals surface area contributed by atoms with Gasteiger partial charge in [-0.2, -0.15) is 0 Å². The summed E-state index contributed by atoms with van der Waals surface area (Å²) >= 11 is 1.95. The zero-order valence-corrected chi connectivity index (χ0v) is 13.1. The quantitative estimate of drug-likeness (QED) is 0.895. The van der Waals surface area contributed by atoms with Gasteiger partial charge in [0.2, 0.25) is 0 Å². The molecule has 0 aromatic carbocycles. The highest BCUT2D eigenvalue weighted by molar-refractivity contribution is 7.11. The number of nitrogens with zero attached hydrogens (tertiary/aromatic N) is 2. The average Bonchev–Trinajstić information content (AvgIpc) is 2.78. The summed E-state index contributed by atoms with van der Waals surface area (Å²) in [5.74, 6) is 0.730. The van der Waals surface area contributed by atoms with Gasteiger partial charge in [0.05, 0.1) is 6.61 Å². The largest absolute Gasteiger partial charge is 0.395 e. The predicted molar refractivity (Wildman–Crippen MR) is 81.6 cm³/mol. The number of thiophene rings is 1. The molecular weight excluding hydrogens is 256 g/mol. The van der Waals surface area contributed by atoms with Gasteiger partial charge in [-0.25, -0.2) is 0 Å². The minimum atomic E-state index is 0.260. The molecule has 2 heterocycles. The van der Waals surface area contributed by atoms with Crippen molar-refractivity contribution in [2.45, 2.75) is 32.9 Å². The second kappa shape index (κ2) is 6.84. The second-order valence-electron chi connectivity index (χ2n) is 6.02. The van der Waals surface area contributed by atoms with Crippen molar-refractivity contribution in [2.75, 3.05) is 33.3 Å². The minimum absolute atomic E-state index is 0.260. The van der Waals surface area contributed by atoms with Gasteiger partial charge in [-0.3, -0.25) is 9.80 Å². The number of hydrogen-bond acceptors (Lipinski definition) is 4. The molecule has 1 atom stereocenters. The highest BCUT2D eigenvalue weighted by Crippen LogP contribution is 2.22. The van der Waals surface area contributed by atoms with E-state index in [1.807, 2.05) is 11.3 Å². The van der Waals surface area contributed by atoms with Crippen LogP contribution < -0.4 is 0 Å². The molecule has 1 aliphatic heterocycles. The van der Waals surface area contributed by atoms with Crippen molar-refractivity contribution in [2.24, 2.45) is 5.92 Å². The third-order valence-corrected chi connectivity index (χ3v) is 4.87. The van der Waals surface area contributed by atoms with E-state index in [0.717, 1.165) is 32.1 Å². The molecular formula is C15H26N2OS. The first-order chi connectivity index (χ1) is 9.08. The second-order valence-corrected chi connectivity index (χ2v) is 7.27. The van der Waals surface area contributed by atoms with Crippen LogP contribution >= 0.6 is 11.3 Å². The van der Waals surface area contributed by atoms with E-state index in [9.17, 15) is 5.11 Å². The molecule has 4 heteroatoms. The van der Waals surface area contributed by atoms with Crippen LogP contribution in [0.4, 0.5) is 0 Å². The fraction of sp³-hybridized carbons (Fsp3) is 0.733. The maximum atomic E-state index is 9.38. The molecule has 0 spiro atoms. The molecule has 0 aliphatic carbocycles. The van der Waals surface area contributed by atoms with E-state index in [-0.39, 0.29) is 6.61 Å². The van der Waals surface area contributed by atoms with E-state index < -0.39 is 0 Å². The van der Waals surface area contributed by atoms with E-state index in [0.29, 0.717) is 6.04 Å². The van der Waals surface area contributed by atoms with Gasteiger partial charge in [0.15, 0.2) is 0 Å². The molecule has 108 valence electrons. The van der Waals surface area contributed by atoms with Gasteiger partial charge in [-0.05, 0) is 31.5 Å². The van der Waals surface area contributed by atoms with Crippen LogP contribution in [0.15, 0.2) is 12.1 Å². The molecule has 1 aliphatic rings. The van der Waals surface area contributed by atoms with Crippen molar-refractivity contribution in [3.63, 3.8) is 0 Å². The van der Waals surface area contributed by atoms with E-state index >= 15 is 0 Å². The van der Waals surface area contributed by atoms with Crippen LogP contribution in [0.1, 0.15) is 23.6 Å². The monoisotopic (exact) mass is 282 g/mol. The molecule has 1 unspecified atom stereocenters. The molecule has 1 N–H and O–H groups in total. The Morgan fingerprint density at radius 2 is 2.05 bits per heavy atom. The van der Waals surface area contributed by atoms with Crippen LogP contribution in [-0.2, 0) is 13.0 Å². The maximum Gasteiger partial charge on any atom is 0.0599 e. The zero-order chi connectivity index (χ0) is 13.8. The molecule has 0 bridgehead atoms. The van der Waals surface area contributed by atoms with Crippen molar-refractivity contribution in [1.82, 2.24) is 9.80 Å². The Hall–Kier alpha value is -0.420. The Labute approximate surface area is 120 Å². The standard InChI is InChI=1S/C15H26N2OS/c1-12(2)8-14-4-5-15(19-14)10-17-7-6-16(3)13(9-17)11-18/h4-5,12-13,18H,6-11H2,1-3H3. The smallest absolute Gasteiger partial charge is 0.0599 e. The van der Waals surface area contributed by atoms with Gasteiger partial charge in [0.25, 0.3) is 0 Å². The SMILES string of the molecule is CC(C)Cc1ccc(CN2CCN(C)C(CO)C2)s1. The molecule has 1 aromatic heterocycles. The third kappa shape index (κ3) is 4.28. The van der Waals surface area contributed by atoms with Gasteiger partial charge in [-0.15, -0.1) is 11.3 Å². The molecule has 1 fully saturated rings. The number of aliphatic hydroxyl groups excluding tert-OH is 1. The Morgan fingerprint density at radius 3 is 2.74 bits per heavy atom. The molecule has 1 aromatic rings. The number of likely N-dealkylation sites (N-methyl/N-ethyl adjacent to an activating group) is 1. The predicted octanol–water partition coefficient (Wildman–Crippen LogP) is 2.05. The van der Waals surface area contributed by atoms with Crippen LogP contribution in [0, 0.1) is 5.92 Å². The highest BCUT2D eigenvalue weighted by atomic mass is 32.1. The van der Waals surface area contributed by atoms with Crippen molar-refractivity contribution in [1.29, 1.82) is 0 Å². The highest BCUT2D eigenvalue weighted by Gasteiger charge is 2.23. The van der Waals surface area contributed by atoms with E-state index in [1.54, 1.807) is 0 Å². The van der Waals surface area contributed by atoms with Crippen LogP contribution in [0.3, 0.4) is 0 Å². The molecule has 2 rings (SSSR count). The molecule has 3 nitrogen and oxygen atoms in total. The summed E-state index contributed by atoms with van der Waals surface area (Å²) in [6, 6.07) is 4.85. The topological polar surface area (TPSA) is 26.7 Å². The normalized spacial score (nSPS) is 22.3. The van der Waals surface area contributed by atoms with E-state index in [1.165, 1.54) is 16.2 Å². The lowest BCUT2D eigenvalue weighted by Gasteiger charge is -2.38. The molecule has 0 saturated carbocycles. The first-order valence-corrected chi connectivity index (χ1v) is 8.01. The first-order valence-electron chi connectivity index (χ1n) is 7.19. The fourth-order valence-corrected chi connectivity index (χ4v) is 3.86. The van der Waals surface area contributed by atoms with Gasteiger partial charge in [0.1, 0.15) is 0 Å². The Kier molecular flexibility index (Phi) is 5.39. The zero-order valence-electron chi connectivity index (χ0n) is 12.3. The lowest BCUT2D eigenvalue weighted by molar-refractivity contribution is 0.0545. The van der Waals surface area contributed by atoms with Crippen molar-refractivity contribution < 1.29 is 5.11 Å². The number of piperazine rings is 1. The number of aliphatic hydroxyl groups is 1. The lowest BCUT2D eigenvalue weighted by Crippen LogP contribution is -2.52. The fourth-order valence-electron chi connectivity index (χ4n) is 2.59. The van der Waals surface area contributed by atoms with Crippen molar-refractivity contribution in [3.05, 3.63) is 21.9 Å². The summed E-state index contributed by atoms with van der Waals surface area (Å²) in [4.78, 5) is 7.68. The molecule has 0 radical (unpaired) electrons. The molecule has 19 heavy (non-hydrogen) atoms. The van der Waals surface area contributed by atoms with E-state index in [4.69, 9.17) is 0 Å². The summed E-state index contributed by atoms with van der Waals surface area (Å²) in [6.07, 6.45) is 1.19. The van der Waals surface area contributed by atoms with Gasteiger partial charge in [-0.1, -0.05) is 13.8 Å². The Morgan fingerprint density at radius 1 is 1.32 bits per heavy atom. The van der Waals surface area contributed by atoms with Crippen molar-refractivity contribution in [3.8, 4) is 0 Å². The third-order valence-electron chi connectivity index (χ3n) is 3.78. The van der Waals surface area contributed by atoms with Crippen LogP contribution in [-0.4, -0.2) is 54.2 Å². The summed E-state index contributed by atoms with van der Waals surface area (Å²) in [7, 11) is 2.10. The van der Waals surface area contributed by atoms with E-state index in [2.05, 4.69) is 42.8 Å². The van der Waals surface area contributed by atoms with Crippen LogP contribution in [0.25, 0.3) is 0 Å². The summed E-state index contributed by atoms with van der Waals surface area (Å²) in [5.41, 5.74) is 0. The molecule has 1 saturated heterocycles. The molecule has 0 amide bonds. The summed E-state index contributed by atoms with van der Waals surface area (Å²) in [5, 5.41) is 9.38. The first kappa shape index (κ1) is 15.0. The van der Waals surface area contributed by atoms with Crippen LogP contribution in [0.2, 0.25) is 0 Å². The summed E-state index contributed by atoms with van der Waals surface area (Å²) in [6.45, 7) is 8.96. The number of hydrogen-bond donors (Lipinski definition) is 1. The van der Waals surface area contributed by atoms with Gasteiger partial charge < -0.3 is 5.11 Å². The van der Waals surface area contributed by atoms with Gasteiger partial charge >= 0.3 is 0 Å². The lowest BCUT2D eigenvalue weighted by atomic mass is 10.1. The Balaban J connectivity index is 1.88. The van der Waals surface area contributed by atoms with Gasteiger partial charge in [0, 0.05) is 42.0 Å². The van der Waals surface area contributed by atoms with Crippen molar-refractivity contribution >= 4 is 11.3 Å². The average molecular weight is 282 g/mol. The maximum absolute atomic E-state index is 9.38. The number of rotatable bonds is 5. The Bertz CT molecular complexity index is 391. The minimum Gasteiger partial charge on any atom is -0.395 e.